The molecular formula is C12H15N3O2S2. The van der Waals surface area contributed by atoms with Crippen LogP contribution in [0.25, 0.3) is 0 Å². The summed E-state index contributed by atoms with van der Waals surface area (Å²) in [5.74, 6) is 0. The highest BCUT2D eigenvalue weighted by Gasteiger charge is 2.15. The van der Waals surface area contributed by atoms with Crippen molar-refractivity contribution in [3.63, 3.8) is 0 Å². The summed E-state index contributed by atoms with van der Waals surface area (Å²) in [6, 6.07) is 6.85. The maximum atomic E-state index is 11.9. The Balaban J connectivity index is 2.08. The average Bonchev–Trinajstić information content (AvgIpc) is 2.92. The lowest BCUT2D eigenvalue weighted by Gasteiger charge is -2.11. The van der Waals surface area contributed by atoms with Crippen molar-refractivity contribution in [1.29, 1.82) is 0 Å². The predicted octanol–water partition coefficient (Wildman–Crippen LogP) is 1.71. The van der Waals surface area contributed by atoms with Crippen LogP contribution in [0, 0.1) is 0 Å². The molecule has 2 aromatic rings. The second-order valence-electron chi connectivity index (χ2n) is 3.86. The highest BCUT2D eigenvalue weighted by molar-refractivity contribution is 7.89. The maximum absolute atomic E-state index is 11.9. The summed E-state index contributed by atoms with van der Waals surface area (Å²) in [6.45, 7) is 0.639. The van der Waals surface area contributed by atoms with Crippen LogP contribution in [0.15, 0.2) is 40.1 Å². The summed E-state index contributed by atoms with van der Waals surface area (Å²) in [5.41, 5.74) is 3.40. The molecule has 0 fully saturated rings. The fraction of sp³-hybridized carbons (Fsp3) is 0.250. The third-order valence-electron chi connectivity index (χ3n) is 2.63. The summed E-state index contributed by atoms with van der Waals surface area (Å²) < 4.78 is 26.0. The van der Waals surface area contributed by atoms with Gasteiger partial charge in [-0.25, -0.2) is 18.1 Å². The van der Waals surface area contributed by atoms with Gasteiger partial charge in [-0.2, -0.15) is 0 Å². The first-order valence-corrected chi connectivity index (χ1v) is 8.19. The van der Waals surface area contributed by atoms with E-state index in [2.05, 4.69) is 15.0 Å². The van der Waals surface area contributed by atoms with Crippen molar-refractivity contribution >= 4 is 27.0 Å². The van der Waals surface area contributed by atoms with Gasteiger partial charge >= 0.3 is 0 Å². The number of rotatable bonds is 6. The topological polar surface area (TPSA) is 71.1 Å². The van der Waals surface area contributed by atoms with Gasteiger partial charge in [-0.05, 0) is 19.2 Å². The van der Waals surface area contributed by atoms with Gasteiger partial charge in [0.2, 0.25) is 10.0 Å². The summed E-state index contributed by atoms with van der Waals surface area (Å²) >= 11 is 1.55. The van der Waals surface area contributed by atoms with Crippen LogP contribution in [0.5, 0.6) is 0 Å². The number of aromatic nitrogens is 1. The molecular weight excluding hydrogens is 282 g/mol. The lowest BCUT2D eigenvalue weighted by molar-refractivity contribution is 0.588. The van der Waals surface area contributed by atoms with Gasteiger partial charge in [0.05, 0.1) is 16.9 Å². The number of thiazole rings is 1. The molecule has 1 heterocycles. The molecule has 0 atom stereocenters. The zero-order valence-corrected chi connectivity index (χ0v) is 12.1. The molecule has 0 aliphatic heterocycles. The largest absolute Gasteiger partial charge is 0.384 e. The number of nitrogens with one attached hydrogen (secondary N) is 2. The van der Waals surface area contributed by atoms with Crippen molar-refractivity contribution in [3.8, 4) is 0 Å². The van der Waals surface area contributed by atoms with Gasteiger partial charge in [-0.3, -0.25) is 0 Å². The van der Waals surface area contributed by atoms with Crippen LogP contribution in [-0.4, -0.2) is 27.0 Å². The van der Waals surface area contributed by atoms with Crippen LogP contribution in [0.2, 0.25) is 0 Å². The van der Waals surface area contributed by atoms with Gasteiger partial charge in [-0.15, -0.1) is 11.3 Å². The number of anilines is 1. The summed E-state index contributed by atoms with van der Waals surface area (Å²) in [5, 5.41) is 5.12. The lowest BCUT2D eigenvalue weighted by atomic mass is 10.3. The molecule has 2 rings (SSSR count). The van der Waals surface area contributed by atoms with Crippen molar-refractivity contribution in [2.45, 2.75) is 11.3 Å². The molecule has 7 heteroatoms. The van der Waals surface area contributed by atoms with E-state index in [-0.39, 0.29) is 4.90 Å². The number of hydrogen-bond donors (Lipinski definition) is 2. The monoisotopic (exact) mass is 297 g/mol. The van der Waals surface area contributed by atoms with Gasteiger partial charge in [0.25, 0.3) is 0 Å². The van der Waals surface area contributed by atoms with Crippen LogP contribution >= 0.6 is 11.3 Å². The molecule has 102 valence electrons. The molecule has 19 heavy (non-hydrogen) atoms. The van der Waals surface area contributed by atoms with Crippen LogP contribution in [0.1, 0.15) is 5.69 Å². The van der Waals surface area contributed by atoms with Gasteiger partial charge in [0, 0.05) is 18.3 Å². The van der Waals surface area contributed by atoms with E-state index in [1.165, 1.54) is 7.05 Å². The van der Waals surface area contributed by atoms with E-state index in [0.717, 1.165) is 12.1 Å². The number of hydrogen-bond acceptors (Lipinski definition) is 5. The van der Waals surface area contributed by atoms with Crippen molar-refractivity contribution in [2.75, 3.05) is 18.9 Å². The number of para-hydroxylation sites is 1. The molecule has 1 aromatic heterocycles. The van der Waals surface area contributed by atoms with E-state index in [0.29, 0.717) is 12.2 Å². The number of nitrogens with zero attached hydrogens (tertiary/aromatic N) is 1. The zero-order chi connectivity index (χ0) is 13.7. The van der Waals surface area contributed by atoms with Crippen molar-refractivity contribution in [2.24, 2.45) is 0 Å². The molecule has 1 aromatic carbocycles. The third kappa shape index (κ3) is 3.52. The first-order chi connectivity index (χ1) is 9.13. The van der Waals surface area contributed by atoms with E-state index in [4.69, 9.17) is 0 Å². The lowest BCUT2D eigenvalue weighted by Crippen LogP contribution is -2.20. The Morgan fingerprint density at radius 2 is 2.11 bits per heavy atom. The summed E-state index contributed by atoms with van der Waals surface area (Å²) in [7, 11) is -2.03. The molecule has 0 aliphatic carbocycles. The van der Waals surface area contributed by atoms with Crippen LogP contribution in [0.3, 0.4) is 0 Å². The predicted molar refractivity (Wildman–Crippen MR) is 77.0 cm³/mol. The fourth-order valence-corrected chi connectivity index (χ4v) is 3.14. The SMILES string of the molecule is CNS(=O)(=O)c1ccccc1NCCc1cscn1. The Kier molecular flexibility index (Phi) is 4.52. The molecule has 0 radical (unpaired) electrons. The Bertz CT molecular complexity index is 624. The summed E-state index contributed by atoms with van der Waals surface area (Å²) in [4.78, 5) is 4.44. The Hall–Kier alpha value is -1.44. The second kappa shape index (κ2) is 6.14. The normalized spacial score (nSPS) is 11.4. The Morgan fingerprint density at radius 1 is 1.32 bits per heavy atom. The molecule has 0 saturated carbocycles. The molecule has 2 N–H and O–H groups in total. The minimum Gasteiger partial charge on any atom is -0.384 e. The van der Waals surface area contributed by atoms with Gasteiger partial charge in [0.15, 0.2) is 0 Å². The first kappa shape index (κ1) is 14.0. The Morgan fingerprint density at radius 3 is 2.79 bits per heavy atom. The molecule has 0 spiro atoms. The van der Waals surface area contributed by atoms with Gasteiger partial charge < -0.3 is 5.32 Å². The molecule has 0 bridgehead atoms. The summed E-state index contributed by atoms with van der Waals surface area (Å²) in [6.07, 6.45) is 0.761. The minimum absolute atomic E-state index is 0.260. The molecule has 0 amide bonds. The van der Waals surface area contributed by atoms with Gasteiger partial charge in [-0.1, -0.05) is 12.1 Å². The molecule has 0 aliphatic rings. The highest BCUT2D eigenvalue weighted by atomic mass is 32.2. The fourth-order valence-electron chi connectivity index (χ4n) is 1.64. The second-order valence-corrected chi connectivity index (χ2v) is 6.43. The van der Waals surface area contributed by atoms with Crippen LogP contribution in [-0.2, 0) is 16.4 Å². The maximum Gasteiger partial charge on any atom is 0.242 e. The van der Waals surface area contributed by atoms with Crippen molar-refractivity contribution < 1.29 is 8.42 Å². The smallest absolute Gasteiger partial charge is 0.242 e. The minimum atomic E-state index is -3.44. The quantitative estimate of drug-likeness (QED) is 0.851. The van der Waals surface area contributed by atoms with E-state index >= 15 is 0 Å². The zero-order valence-electron chi connectivity index (χ0n) is 10.5. The van der Waals surface area contributed by atoms with Crippen LogP contribution < -0.4 is 10.0 Å². The molecule has 0 saturated heterocycles. The van der Waals surface area contributed by atoms with E-state index in [9.17, 15) is 8.42 Å². The highest BCUT2D eigenvalue weighted by Crippen LogP contribution is 2.20. The molecule has 5 nitrogen and oxygen atoms in total. The van der Waals surface area contributed by atoms with E-state index < -0.39 is 10.0 Å². The standard InChI is InChI=1S/C12H15N3O2S2/c1-13-19(16,17)12-5-3-2-4-11(12)14-7-6-10-8-18-9-15-10/h2-5,8-9,13-14H,6-7H2,1H3. The number of benzene rings is 1. The first-order valence-electron chi connectivity index (χ1n) is 5.77. The van der Waals surface area contributed by atoms with Crippen molar-refractivity contribution in [3.05, 3.63) is 40.8 Å². The average molecular weight is 297 g/mol. The number of sulfonamides is 1. The van der Waals surface area contributed by atoms with E-state index in [1.54, 1.807) is 41.1 Å². The van der Waals surface area contributed by atoms with Crippen molar-refractivity contribution in [1.82, 2.24) is 9.71 Å². The van der Waals surface area contributed by atoms with Gasteiger partial charge in [0.1, 0.15) is 4.90 Å². The van der Waals surface area contributed by atoms with E-state index in [1.807, 2.05) is 5.38 Å². The van der Waals surface area contributed by atoms with Crippen LogP contribution in [0.4, 0.5) is 5.69 Å². The molecule has 0 unspecified atom stereocenters. The third-order valence-corrected chi connectivity index (χ3v) is 4.73. The Labute approximate surface area is 116 Å².